The van der Waals surface area contributed by atoms with Crippen molar-refractivity contribution in [3.8, 4) is 0 Å². The minimum absolute atomic E-state index is 0.104. The van der Waals surface area contributed by atoms with Crippen LogP contribution in [0.3, 0.4) is 0 Å². The molecular formula is C9H12N4O3. The Morgan fingerprint density at radius 3 is 2.62 bits per heavy atom. The van der Waals surface area contributed by atoms with E-state index in [9.17, 15) is 9.59 Å². The molecule has 7 nitrogen and oxygen atoms in total. The van der Waals surface area contributed by atoms with Gasteiger partial charge in [0.1, 0.15) is 5.54 Å². The largest absolute Gasteiger partial charge is 0.480 e. The minimum Gasteiger partial charge on any atom is -0.480 e. The Bertz CT molecular complexity index is 395. The summed E-state index contributed by atoms with van der Waals surface area (Å²) in [5.41, 5.74) is -1.02. The summed E-state index contributed by atoms with van der Waals surface area (Å²) in [6.45, 7) is 0. The summed E-state index contributed by atoms with van der Waals surface area (Å²) in [5.74, 6) is -1.49. The van der Waals surface area contributed by atoms with Gasteiger partial charge < -0.3 is 10.4 Å². The number of H-pyrrole nitrogens is 1. The molecule has 1 heterocycles. The molecule has 1 aliphatic carbocycles. The van der Waals surface area contributed by atoms with Gasteiger partial charge in [0, 0.05) is 0 Å². The summed E-state index contributed by atoms with van der Waals surface area (Å²) in [6, 6.07) is 0. The average molecular weight is 224 g/mol. The predicted molar refractivity (Wildman–Crippen MR) is 52.7 cm³/mol. The monoisotopic (exact) mass is 224 g/mol. The molecule has 0 saturated heterocycles. The maximum absolute atomic E-state index is 11.7. The smallest absolute Gasteiger partial charge is 0.329 e. The van der Waals surface area contributed by atoms with Gasteiger partial charge in [-0.05, 0) is 12.8 Å². The highest BCUT2D eigenvalue weighted by atomic mass is 16.4. The lowest BCUT2D eigenvalue weighted by Crippen LogP contribution is -2.52. The van der Waals surface area contributed by atoms with E-state index in [1.165, 1.54) is 6.20 Å². The summed E-state index contributed by atoms with van der Waals surface area (Å²) in [4.78, 5) is 22.8. The Morgan fingerprint density at radius 2 is 2.12 bits per heavy atom. The average Bonchev–Trinajstić information content (AvgIpc) is 2.88. The van der Waals surface area contributed by atoms with Gasteiger partial charge in [-0.25, -0.2) is 4.79 Å². The Morgan fingerprint density at radius 1 is 1.44 bits per heavy atom. The highest BCUT2D eigenvalue weighted by Crippen LogP contribution is 2.30. The Labute approximate surface area is 91.2 Å². The van der Waals surface area contributed by atoms with Gasteiger partial charge in [0.05, 0.1) is 6.20 Å². The maximum Gasteiger partial charge on any atom is 0.329 e. The number of amides is 1. The van der Waals surface area contributed by atoms with Crippen LogP contribution in [0.2, 0.25) is 0 Å². The third kappa shape index (κ3) is 1.75. The molecule has 0 spiro atoms. The van der Waals surface area contributed by atoms with E-state index in [-0.39, 0.29) is 5.69 Å². The molecule has 16 heavy (non-hydrogen) atoms. The topological polar surface area (TPSA) is 108 Å². The molecule has 0 aromatic carbocycles. The second-order valence-corrected chi connectivity index (χ2v) is 3.90. The molecule has 0 atom stereocenters. The van der Waals surface area contributed by atoms with Gasteiger partial charge in [0.15, 0.2) is 5.69 Å². The van der Waals surface area contributed by atoms with Crippen LogP contribution in [-0.4, -0.2) is 37.9 Å². The van der Waals surface area contributed by atoms with Crippen molar-refractivity contribution in [2.24, 2.45) is 0 Å². The van der Waals surface area contributed by atoms with Crippen LogP contribution >= 0.6 is 0 Å². The highest BCUT2D eigenvalue weighted by molar-refractivity contribution is 5.96. The number of aliphatic carboxylic acids is 1. The fourth-order valence-corrected chi connectivity index (χ4v) is 1.96. The molecule has 0 unspecified atom stereocenters. The number of carbonyl (C=O) groups excluding carboxylic acids is 1. The Balaban J connectivity index is 2.13. The molecule has 1 aliphatic rings. The highest BCUT2D eigenvalue weighted by Gasteiger charge is 2.42. The minimum atomic E-state index is -1.13. The van der Waals surface area contributed by atoms with Crippen LogP contribution in [0.25, 0.3) is 0 Å². The van der Waals surface area contributed by atoms with Crippen LogP contribution in [0, 0.1) is 0 Å². The number of aromatic nitrogens is 3. The number of carbonyl (C=O) groups is 2. The van der Waals surface area contributed by atoms with E-state index in [4.69, 9.17) is 5.11 Å². The van der Waals surface area contributed by atoms with Gasteiger partial charge in [-0.2, -0.15) is 15.4 Å². The lowest BCUT2D eigenvalue weighted by atomic mass is 9.98. The number of carboxylic acids is 1. The fraction of sp³-hybridized carbons (Fsp3) is 0.556. The van der Waals surface area contributed by atoms with Crippen molar-refractivity contribution in [1.82, 2.24) is 20.7 Å². The SMILES string of the molecule is O=C(NC1(C(=O)O)CCCC1)c1cn[nH]n1. The quantitative estimate of drug-likeness (QED) is 0.666. The second kappa shape index (κ2) is 3.92. The molecule has 1 aromatic rings. The van der Waals surface area contributed by atoms with E-state index in [1.807, 2.05) is 0 Å². The van der Waals surface area contributed by atoms with Crippen molar-refractivity contribution in [2.45, 2.75) is 31.2 Å². The molecule has 1 amide bonds. The van der Waals surface area contributed by atoms with Crippen LogP contribution in [0.15, 0.2) is 6.20 Å². The number of aromatic amines is 1. The second-order valence-electron chi connectivity index (χ2n) is 3.90. The molecule has 1 fully saturated rings. The van der Waals surface area contributed by atoms with Crippen molar-refractivity contribution in [3.63, 3.8) is 0 Å². The summed E-state index contributed by atoms with van der Waals surface area (Å²) in [7, 11) is 0. The fourth-order valence-electron chi connectivity index (χ4n) is 1.96. The zero-order chi connectivity index (χ0) is 11.6. The standard InChI is InChI=1S/C9H12N4O3/c14-7(6-5-10-13-12-6)11-9(8(15)16)3-1-2-4-9/h5H,1-4H2,(H,11,14)(H,15,16)(H,10,12,13). The van der Waals surface area contributed by atoms with Crippen molar-refractivity contribution in [2.75, 3.05) is 0 Å². The Kier molecular flexibility index (Phi) is 2.59. The van der Waals surface area contributed by atoms with Crippen LogP contribution < -0.4 is 5.32 Å². The first-order chi connectivity index (χ1) is 7.64. The third-order valence-corrected chi connectivity index (χ3v) is 2.87. The maximum atomic E-state index is 11.7. The van der Waals surface area contributed by atoms with Crippen molar-refractivity contribution >= 4 is 11.9 Å². The molecular weight excluding hydrogens is 212 g/mol. The Hall–Kier alpha value is -1.92. The lowest BCUT2D eigenvalue weighted by Gasteiger charge is -2.24. The van der Waals surface area contributed by atoms with Gasteiger partial charge in [0.25, 0.3) is 5.91 Å². The van der Waals surface area contributed by atoms with Gasteiger partial charge in [-0.15, -0.1) is 0 Å². The van der Waals surface area contributed by atoms with Gasteiger partial charge in [0.2, 0.25) is 0 Å². The number of nitrogens with zero attached hydrogens (tertiary/aromatic N) is 2. The van der Waals surface area contributed by atoms with E-state index >= 15 is 0 Å². The number of nitrogens with one attached hydrogen (secondary N) is 2. The van der Waals surface area contributed by atoms with Gasteiger partial charge in [-0.3, -0.25) is 4.79 Å². The van der Waals surface area contributed by atoms with Gasteiger partial charge in [-0.1, -0.05) is 12.8 Å². The van der Waals surface area contributed by atoms with Crippen LogP contribution in [0.5, 0.6) is 0 Å². The van der Waals surface area contributed by atoms with Crippen molar-refractivity contribution < 1.29 is 14.7 Å². The number of hydrogen-bond donors (Lipinski definition) is 3. The molecule has 0 radical (unpaired) electrons. The molecule has 2 rings (SSSR count). The van der Waals surface area contributed by atoms with Crippen molar-refractivity contribution in [1.29, 1.82) is 0 Å². The molecule has 3 N–H and O–H groups in total. The summed E-state index contributed by atoms with van der Waals surface area (Å²) in [5, 5.41) is 21.1. The molecule has 0 aliphatic heterocycles. The first-order valence-electron chi connectivity index (χ1n) is 5.06. The first-order valence-corrected chi connectivity index (χ1v) is 5.06. The van der Waals surface area contributed by atoms with E-state index in [0.717, 1.165) is 12.8 Å². The molecule has 86 valence electrons. The summed E-state index contributed by atoms with van der Waals surface area (Å²) in [6.07, 6.45) is 3.81. The predicted octanol–water partition coefficient (Wildman–Crippen LogP) is -0.0681. The number of hydrogen-bond acceptors (Lipinski definition) is 4. The molecule has 1 saturated carbocycles. The van der Waals surface area contributed by atoms with Crippen LogP contribution in [0.1, 0.15) is 36.2 Å². The third-order valence-electron chi connectivity index (χ3n) is 2.87. The van der Waals surface area contributed by atoms with E-state index in [2.05, 4.69) is 20.7 Å². The molecule has 0 bridgehead atoms. The van der Waals surface area contributed by atoms with Gasteiger partial charge >= 0.3 is 5.97 Å². The lowest BCUT2D eigenvalue weighted by molar-refractivity contribution is -0.144. The normalized spacial score (nSPS) is 18.2. The molecule has 1 aromatic heterocycles. The van der Waals surface area contributed by atoms with Crippen LogP contribution in [-0.2, 0) is 4.79 Å². The van der Waals surface area contributed by atoms with E-state index in [1.54, 1.807) is 0 Å². The van der Waals surface area contributed by atoms with Crippen LogP contribution in [0.4, 0.5) is 0 Å². The zero-order valence-corrected chi connectivity index (χ0v) is 8.56. The summed E-state index contributed by atoms with van der Waals surface area (Å²) < 4.78 is 0. The summed E-state index contributed by atoms with van der Waals surface area (Å²) >= 11 is 0. The van der Waals surface area contributed by atoms with E-state index in [0.29, 0.717) is 12.8 Å². The first kappa shape index (κ1) is 10.6. The zero-order valence-electron chi connectivity index (χ0n) is 8.56. The van der Waals surface area contributed by atoms with E-state index < -0.39 is 17.4 Å². The van der Waals surface area contributed by atoms with Crippen molar-refractivity contribution in [3.05, 3.63) is 11.9 Å². The number of carboxylic acid groups (broad SMARTS) is 1. The number of rotatable bonds is 3. The molecule has 7 heteroatoms.